The summed E-state index contributed by atoms with van der Waals surface area (Å²) in [5.74, 6) is 0.377. The van der Waals surface area contributed by atoms with Crippen molar-refractivity contribution in [3.8, 4) is 11.4 Å². The van der Waals surface area contributed by atoms with E-state index in [0.29, 0.717) is 17.7 Å². The molecule has 0 amide bonds. The van der Waals surface area contributed by atoms with Gasteiger partial charge in [0.1, 0.15) is 11.4 Å². The Morgan fingerprint density at radius 1 is 1.43 bits per heavy atom. The number of carbonyl (C=O) groups excluding carboxylic acids is 1. The Morgan fingerprint density at radius 2 is 2.29 bits per heavy atom. The molecule has 0 saturated carbocycles. The van der Waals surface area contributed by atoms with Crippen molar-refractivity contribution in [2.75, 3.05) is 0 Å². The predicted molar refractivity (Wildman–Crippen MR) is 47.9 cm³/mol. The molecule has 0 unspecified atom stereocenters. The molecule has 6 heteroatoms. The van der Waals surface area contributed by atoms with Crippen LogP contribution in [0, 0.1) is 0 Å². The molecule has 0 N–H and O–H groups in total. The molecule has 0 saturated heterocycles. The second-order valence-electron chi connectivity index (χ2n) is 2.47. The van der Waals surface area contributed by atoms with E-state index in [1.54, 1.807) is 0 Å². The highest BCUT2D eigenvalue weighted by Gasteiger charge is 2.07. The lowest BCUT2D eigenvalue weighted by molar-refractivity contribution is 0.112. The van der Waals surface area contributed by atoms with Crippen LogP contribution in [0.5, 0.6) is 0 Å². The van der Waals surface area contributed by atoms with Crippen LogP contribution in [0.3, 0.4) is 0 Å². The van der Waals surface area contributed by atoms with Gasteiger partial charge in [-0.05, 0) is 0 Å². The lowest BCUT2D eigenvalue weighted by Crippen LogP contribution is -1.92. The van der Waals surface area contributed by atoms with Gasteiger partial charge >= 0.3 is 0 Å². The zero-order valence-electron chi connectivity index (χ0n) is 6.85. The van der Waals surface area contributed by atoms with Crippen LogP contribution in [-0.4, -0.2) is 21.4 Å². The summed E-state index contributed by atoms with van der Waals surface area (Å²) in [6.45, 7) is 0. The van der Waals surface area contributed by atoms with E-state index < -0.39 is 0 Å². The summed E-state index contributed by atoms with van der Waals surface area (Å²) in [6, 6.07) is 0. The van der Waals surface area contributed by atoms with Gasteiger partial charge in [0.25, 0.3) is 0 Å². The fourth-order valence-corrected chi connectivity index (χ4v) is 1.08. The molecule has 0 radical (unpaired) electrons. The molecule has 0 spiro atoms. The van der Waals surface area contributed by atoms with E-state index in [0.717, 1.165) is 0 Å². The van der Waals surface area contributed by atoms with Crippen molar-refractivity contribution in [3.63, 3.8) is 0 Å². The highest BCUT2D eigenvalue weighted by Crippen LogP contribution is 2.17. The molecule has 2 heterocycles. The van der Waals surface area contributed by atoms with Crippen molar-refractivity contribution < 1.29 is 9.32 Å². The van der Waals surface area contributed by atoms with Crippen molar-refractivity contribution in [2.24, 2.45) is 0 Å². The number of nitrogens with zero attached hydrogens (tertiary/aromatic N) is 3. The quantitative estimate of drug-likeness (QED) is 0.555. The Labute approximate surface area is 83.7 Å². The van der Waals surface area contributed by atoms with Crippen LogP contribution in [-0.2, 0) is 0 Å². The summed E-state index contributed by atoms with van der Waals surface area (Å²) < 4.78 is 4.62. The first-order valence-electron chi connectivity index (χ1n) is 3.68. The van der Waals surface area contributed by atoms with Gasteiger partial charge in [-0.2, -0.15) is 0 Å². The molecule has 0 aliphatic carbocycles. The molecule has 0 atom stereocenters. The molecular formula is C8H4ClN3O2. The van der Waals surface area contributed by atoms with E-state index in [1.807, 2.05) is 0 Å². The first-order chi connectivity index (χ1) is 6.81. The maximum absolute atomic E-state index is 10.4. The average Bonchev–Trinajstić information content (AvgIpc) is 2.70. The second kappa shape index (κ2) is 3.55. The van der Waals surface area contributed by atoms with Crippen molar-refractivity contribution in [1.82, 2.24) is 15.1 Å². The number of halogens is 1. The van der Waals surface area contributed by atoms with Crippen LogP contribution in [0.4, 0.5) is 0 Å². The van der Waals surface area contributed by atoms with Gasteiger partial charge in [0, 0.05) is 6.20 Å². The van der Waals surface area contributed by atoms with E-state index in [9.17, 15) is 4.79 Å². The summed E-state index contributed by atoms with van der Waals surface area (Å²) in [5, 5.41) is 3.62. The average molecular weight is 210 g/mol. The van der Waals surface area contributed by atoms with E-state index in [1.165, 1.54) is 18.7 Å². The number of rotatable bonds is 2. The van der Waals surface area contributed by atoms with Crippen LogP contribution in [0.2, 0.25) is 5.15 Å². The predicted octanol–water partition coefficient (Wildman–Crippen LogP) is 1.60. The zero-order chi connectivity index (χ0) is 9.97. The largest absolute Gasteiger partial charge is 0.364 e. The molecule has 14 heavy (non-hydrogen) atoms. The Hall–Kier alpha value is -1.75. The summed E-state index contributed by atoms with van der Waals surface area (Å²) in [4.78, 5) is 18.3. The zero-order valence-corrected chi connectivity index (χ0v) is 7.60. The maximum atomic E-state index is 10.4. The smallest absolute Gasteiger partial charge is 0.165 e. The number of aldehydes is 1. The SMILES string of the molecule is O=Cc1cnc(-c2cnoc2)nc1Cl. The third-order valence-electron chi connectivity index (χ3n) is 1.59. The molecule has 2 rings (SSSR count). The summed E-state index contributed by atoms with van der Waals surface area (Å²) in [6.07, 6.45) is 4.81. The number of hydrogen-bond acceptors (Lipinski definition) is 5. The first-order valence-corrected chi connectivity index (χ1v) is 4.06. The van der Waals surface area contributed by atoms with Gasteiger partial charge in [0.05, 0.1) is 17.3 Å². The van der Waals surface area contributed by atoms with Crippen LogP contribution in [0.15, 0.2) is 23.2 Å². The fourth-order valence-electron chi connectivity index (χ4n) is 0.904. The highest BCUT2D eigenvalue weighted by atomic mass is 35.5. The third kappa shape index (κ3) is 1.49. The Balaban J connectivity index is 2.48. The first kappa shape index (κ1) is 8.83. The van der Waals surface area contributed by atoms with Crippen LogP contribution in [0.25, 0.3) is 11.4 Å². The lowest BCUT2D eigenvalue weighted by atomic mass is 10.3. The molecule has 70 valence electrons. The topological polar surface area (TPSA) is 68.9 Å². The maximum Gasteiger partial charge on any atom is 0.165 e. The van der Waals surface area contributed by atoms with E-state index in [-0.39, 0.29) is 10.7 Å². The normalized spacial score (nSPS) is 10.1. The van der Waals surface area contributed by atoms with Gasteiger partial charge in [-0.15, -0.1) is 0 Å². The van der Waals surface area contributed by atoms with Crippen LogP contribution < -0.4 is 0 Å². The second-order valence-corrected chi connectivity index (χ2v) is 2.83. The Morgan fingerprint density at radius 3 is 2.86 bits per heavy atom. The Bertz CT molecular complexity index is 456. The van der Waals surface area contributed by atoms with Gasteiger partial charge in [0.2, 0.25) is 0 Å². The molecule has 0 aliphatic rings. The highest BCUT2D eigenvalue weighted by molar-refractivity contribution is 6.31. The van der Waals surface area contributed by atoms with E-state index in [2.05, 4.69) is 19.6 Å². The minimum atomic E-state index is 0.117. The molecule has 0 bridgehead atoms. The summed E-state index contributed by atoms with van der Waals surface area (Å²) in [5.41, 5.74) is 0.871. The van der Waals surface area contributed by atoms with Crippen molar-refractivity contribution in [3.05, 3.63) is 29.4 Å². The van der Waals surface area contributed by atoms with E-state index in [4.69, 9.17) is 11.6 Å². The van der Waals surface area contributed by atoms with Crippen molar-refractivity contribution >= 4 is 17.9 Å². The van der Waals surface area contributed by atoms with E-state index >= 15 is 0 Å². The van der Waals surface area contributed by atoms with Gasteiger partial charge < -0.3 is 4.52 Å². The van der Waals surface area contributed by atoms with Crippen LogP contribution in [0.1, 0.15) is 10.4 Å². The van der Waals surface area contributed by atoms with Gasteiger partial charge in [-0.3, -0.25) is 4.79 Å². The minimum Gasteiger partial charge on any atom is -0.364 e. The van der Waals surface area contributed by atoms with Gasteiger partial charge in [0.15, 0.2) is 12.1 Å². The molecular weight excluding hydrogens is 206 g/mol. The molecule has 2 aromatic rings. The van der Waals surface area contributed by atoms with Gasteiger partial charge in [-0.1, -0.05) is 16.8 Å². The molecule has 5 nitrogen and oxygen atoms in total. The van der Waals surface area contributed by atoms with Crippen molar-refractivity contribution in [2.45, 2.75) is 0 Å². The Kier molecular flexibility index (Phi) is 2.24. The minimum absolute atomic E-state index is 0.117. The third-order valence-corrected chi connectivity index (χ3v) is 1.89. The van der Waals surface area contributed by atoms with Gasteiger partial charge in [-0.25, -0.2) is 9.97 Å². The summed E-state index contributed by atoms with van der Waals surface area (Å²) >= 11 is 5.71. The summed E-state index contributed by atoms with van der Waals surface area (Å²) in [7, 11) is 0. The lowest BCUT2D eigenvalue weighted by Gasteiger charge is -1.97. The number of carbonyl (C=O) groups is 1. The number of hydrogen-bond donors (Lipinski definition) is 0. The molecule has 2 aromatic heterocycles. The number of aromatic nitrogens is 3. The van der Waals surface area contributed by atoms with Crippen LogP contribution >= 0.6 is 11.6 Å². The van der Waals surface area contributed by atoms with Crippen molar-refractivity contribution in [1.29, 1.82) is 0 Å². The fraction of sp³-hybridized carbons (Fsp3) is 0. The molecule has 0 aliphatic heterocycles. The standard InChI is InChI=1S/C8H4ClN3O2/c9-7-5(3-13)1-10-8(12-7)6-2-11-14-4-6/h1-4H. The molecule has 0 fully saturated rings. The molecule has 0 aromatic carbocycles. The monoisotopic (exact) mass is 209 g/mol.